The highest BCUT2D eigenvalue weighted by Gasteiger charge is 2.57. The summed E-state index contributed by atoms with van der Waals surface area (Å²) in [6, 6.07) is 5.28. The number of hydrogen-bond donors (Lipinski definition) is 0. The molecule has 8 nitrogen and oxygen atoms in total. The smallest absolute Gasteiger partial charge is 0.410 e. The molecule has 3 aromatic rings. The van der Waals surface area contributed by atoms with E-state index in [-0.39, 0.29) is 23.2 Å². The zero-order chi connectivity index (χ0) is 31.0. The van der Waals surface area contributed by atoms with Crippen molar-refractivity contribution < 1.29 is 27.5 Å². The molecule has 2 fully saturated rings. The minimum Gasteiger partial charge on any atom is -0.444 e. The highest BCUT2D eigenvalue weighted by atomic mass is 35.5. The number of nitrogens with zero attached hydrogens (tertiary/aromatic N) is 5. The lowest BCUT2D eigenvalue weighted by Gasteiger charge is -2.62. The summed E-state index contributed by atoms with van der Waals surface area (Å²) in [5, 5.41) is 4.74. The quantitative estimate of drug-likeness (QED) is 0.355. The molecule has 3 aliphatic rings. The maximum absolute atomic E-state index is 15.0. The van der Waals surface area contributed by atoms with E-state index >= 15 is 0 Å². The van der Waals surface area contributed by atoms with E-state index in [1.807, 2.05) is 32.6 Å². The molecule has 0 aliphatic carbocycles. The minimum atomic E-state index is -0.690. The Morgan fingerprint density at radius 1 is 1.02 bits per heavy atom. The lowest BCUT2D eigenvalue weighted by atomic mass is 9.77. The number of benzene rings is 2. The van der Waals surface area contributed by atoms with Crippen molar-refractivity contribution in [3.05, 3.63) is 69.6 Å². The number of hydrogen-bond acceptors (Lipinski definition) is 5. The van der Waals surface area contributed by atoms with Crippen LogP contribution in [0.5, 0.6) is 0 Å². The molecule has 2 aromatic carbocycles. The normalized spacial score (nSPS) is 19.2. The van der Waals surface area contributed by atoms with Gasteiger partial charge in [0.1, 0.15) is 23.1 Å². The Morgan fingerprint density at radius 3 is 2.28 bits per heavy atom. The standard InChI is InChI=1S/C31H33ClF3N5O3/c1-17-26-22(27(37(5)36-26)18-10-19(33)12-20(34)11-18)6-8-39(17)28(41)23-13-21(35)14-24(25(23)32)38-15-31(16-38)7-9-40(31)29(42)43-30(2,3)4/h10-14,17H,6-9,15-16H2,1-5H3/t17-/m0/s1. The van der Waals surface area contributed by atoms with Crippen molar-refractivity contribution in [1.29, 1.82) is 0 Å². The van der Waals surface area contributed by atoms with Crippen molar-refractivity contribution in [3.63, 3.8) is 0 Å². The first-order valence-electron chi connectivity index (χ1n) is 14.3. The van der Waals surface area contributed by atoms with Gasteiger partial charge in [-0.15, -0.1) is 0 Å². The second-order valence-electron chi connectivity index (χ2n) is 12.7. The second-order valence-corrected chi connectivity index (χ2v) is 13.0. The molecule has 6 rings (SSSR count). The van der Waals surface area contributed by atoms with Crippen LogP contribution in [0.3, 0.4) is 0 Å². The van der Waals surface area contributed by atoms with E-state index in [1.165, 1.54) is 18.2 Å². The number of rotatable bonds is 3. The first kappa shape index (κ1) is 29.3. The van der Waals surface area contributed by atoms with E-state index in [1.54, 1.807) is 21.5 Å². The van der Waals surface area contributed by atoms with E-state index in [0.717, 1.165) is 24.1 Å². The summed E-state index contributed by atoms with van der Waals surface area (Å²) in [5.41, 5.74) is 1.77. The number of halogens is 4. The largest absolute Gasteiger partial charge is 0.444 e. The van der Waals surface area contributed by atoms with E-state index < -0.39 is 40.5 Å². The fourth-order valence-corrected chi connectivity index (χ4v) is 6.80. The van der Waals surface area contributed by atoms with Crippen LogP contribution in [0.25, 0.3) is 11.3 Å². The van der Waals surface area contributed by atoms with E-state index in [4.69, 9.17) is 16.3 Å². The summed E-state index contributed by atoms with van der Waals surface area (Å²) in [5.74, 6) is -2.42. The maximum atomic E-state index is 15.0. The Hall–Kier alpha value is -3.73. The van der Waals surface area contributed by atoms with Crippen LogP contribution in [-0.2, 0) is 18.2 Å². The molecular weight excluding hydrogens is 583 g/mol. The number of fused-ring (bicyclic) bond motifs is 1. The Bertz CT molecular complexity index is 1630. The fraction of sp³-hybridized carbons (Fsp3) is 0.452. The van der Waals surface area contributed by atoms with Crippen molar-refractivity contribution in [2.24, 2.45) is 7.05 Å². The summed E-state index contributed by atoms with van der Waals surface area (Å²) < 4.78 is 50.1. The van der Waals surface area contributed by atoms with Gasteiger partial charge in [0.05, 0.1) is 39.2 Å². The van der Waals surface area contributed by atoms with Crippen LogP contribution >= 0.6 is 11.6 Å². The summed E-state index contributed by atoms with van der Waals surface area (Å²) >= 11 is 6.78. The minimum absolute atomic E-state index is 0.0360. The molecule has 2 amide bonds. The molecule has 1 atom stereocenters. The van der Waals surface area contributed by atoms with Gasteiger partial charge in [0.25, 0.3) is 5.91 Å². The first-order chi connectivity index (χ1) is 20.2. The SMILES string of the molecule is C[C@H]1c2nn(C)c(-c3cc(F)cc(F)c3)c2CCN1C(=O)c1cc(F)cc(N2CC3(CCN3C(=O)OC(C)(C)C)C2)c1Cl. The van der Waals surface area contributed by atoms with Gasteiger partial charge in [-0.25, -0.2) is 18.0 Å². The number of likely N-dealkylation sites (tertiary alicyclic amines) is 1. The molecule has 0 bridgehead atoms. The van der Waals surface area contributed by atoms with Crippen molar-refractivity contribution in [1.82, 2.24) is 19.6 Å². The van der Waals surface area contributed by atoms with Crippen LogP contribution in [0.15, 0.2) is 30.3 Å². The third-order valence-electron chi connectivity index (χ3n) is 8.59. The average Bonchev–Trinajstić information content (AvgIpc) is 3.19. The predicted molar refractivity (Wildman–Crippen MR) is 156 cm³/mol. The number of ether oxygens (including phenoxy) is 1. The molecule has 0 N–H and O–H groups in total. The van der Waals surface area contributed by atoms with Gasteiger partial charge in [0.15, 0.2) is 0 Å². The molecule has 3 aliphatic heterocycles. The Kier molecular flexibility index (Phi) is 6.95. The lowest BCUT2D eigenvalue weighted by molar-refractivity contribution is -0.0560. The molecule has 43 heavy (non-hydrogen) atoms. The predicted octanol–water partition coefficient (Wildman–Crippen LogP) is 6.12. The summed E-state index contributed by atoms with van der Waals surface area (Å²) in [4.78, 5) is 31.7. The van der Waals surface area contributed by atoms with Crippen molar-refractivity contribution in [2.45, 2.75) is 57.7 Å². The van der Waals surface area contributed by atoms with Crippen LogP contribution < -0.4 is 4.90 Å². The fourth-order valence-electron chi connectivity index (χ4n) is 6.49. The number of anilines is 1. The van der Waals surface area contributed by atoms with Gasteiger partial charge in [-0.1, -0.05) is 11.6 Å². The van der Waals surface area contributed by atoms with Crippen LogP contribution in [0.2, 0.25) is 5.02 Å². The molecule has 2 saturated heterocycles. The van der Waals surface area contributed by atoms with E-state index in [2.05, 4.69) is 5.10 Å². The van der Waals surface area contributed by atoms with Gasteiger partial charge in [-0.3, -0.25) is 14.4 Å². The Morgan fingerprint density at radius 2 is 1.67 bits per heavy atom. The molecular formula is C31H33ClF3N5O3. The van der Waals surface area contributed by atoms with E-state index in [0.29, 0.717) is 48.7 Å². The summed E-state index contributed by atoms with van der Waals surface area (Å²) in [7, 11) is 1.69. The van der Waals surface area contributed by atoms with Crippen LogP contribution in [0.1, 0.15) is 61.8 Å². The lowest BCUT2D eigenvalue weighted by Crippen LogP contribution is -2.78. The van der Waals surface area contributed by atoms with Gasteiger partial charge in [-0.05, 0) is 64.8 Å². The monoisotopic (exact) mass is 615 g/mol. The highest BCUT2D eigenvalue weighted by Crippen LogP contribution is 2.45. The zero-order valence-corrected chi connectivity index (χ0v) is 25.4. The number of aromatic nitrogens is 2. The molecule has 0 saturated carbocycles. The molecule has 12 heteroatoms. The zero-order valence-electron chi connectivity index (χ0n) is 24.7. The Labute approximate surface area is 252 Å². The molecule has 0 radical (unpaired) electrons. The Balaban J connectivity index is 1.23. The van der Waals surface area contributed by atoms with Gasteiger partial charge >= 0.3 is 6.09 Å². The highest BCUT2D eigenvalue weighted by molar-refractivity contribution is 6.36. The number of amides is 2. The van der Waals surface area contributed by atoms with Gasteiger partial charge < -0.3 is 14.5 Å². The molecule has 1 spiro atoms. The topological polar surface area (TPSA) is 70.9 Å². The average molecular weight is 616 g/mol. The number of aryl methyl sites for hydroxylation is 1. The van der Waals surface area contributed by atoms with Crippen LogP contribution in [0, 0.1) is 17.5 Å². The molecule has 4 heterocycles. The molecule has 1 aromatic heterocycles. The maximum Gasteiger partial charge on any atom is 0.410 e. The third kappa shape index (κ3) is 5.01. The second kappa shape index (κ2) is 10.2. The number of carbonyl (C=O) groups excluding carboxylic acids is 2. The molecule has 228 valence electrons. The van der Waals surface area contributed by atoms with Gasteiger partial charge in [0, 0.05) is 50.4 Å². The number of carbonyl (C=O) groups is 2. The van der Waals surface area contributed by atoms with E-state index in [9.17, 15) is 22.8 Å². The van der Waals surface area contributed by atoms with Crippen LogP contribution in [-0.4, -0.2) is 68.9 Å². The first-order valence-corrected chi connectivity index (χ1v) is 14.6. The van der Waals surface area contributed by atoms with Gasteiger partial charge in [-0.2, -0.15) is 5.10 Å². The van der Waals surface area contributed by atoms with Crippen molar-refractivity contribution in [2.75, 3.05) is 31.1 Å². The van der Waals surface area contributed by atoms with Gasteiger partial charge in [0.2, 0.25) is 0 Å². The van der Waals surface area contributed by atoms with Crippen LogP contribution in [0.4, 0.5) is 23.7 Å². The van der Waals surface area contributed by atoms with Crippen molar-refractivity contribution >= 4 is 29.3 Å². The van der Waals surface area contributed by atoms with Crippen molar-refractivity contribution in [3.8, 4) is 11.3 Å². The third-order valence-corrected chi connectivity index (χ3v) is 8.98. The molecule has 0 unspecified atom stereocenters. The summed E-state index contributed by atoms with van der Waals surface area (Å²) in [6.45, 7) is 9.03. The summed E-state index contributed by atoms with van der Waals surface area (Å²) in [6.07, 6.45) is 0.809.